The number of hydrogen-bond acceptors (Lipinski definition) is 2. The number of benzene rings is 7. The minimum Gasteiger partial charge on any atom is -0.311 e. The SMILES string of the molecule is CCC1=CC=CC(N(c2ccc(-c3c(C)cc(N(C4=CC=CC(C)=C=C4)c4ccc5ccccc5c4)c4ccccc34)c(C)c2)c2ccc3ccccc3c2)=CC1. The lowest BCUT2D eigenvalue weighted by Gasteiger charge is -2.30. The third-order valence-corrected chi connectivity index (χ3v) is 11.4. The molecule has 0 aliphatic heterocycles. The number of aryl methyl sites for hydroxylation is 2. The van der Waals surface area contributed by atoms with E-state index < -0.39 is 0 Å². The van der Waals surface area contributed by atoms with Gasteiger partial charge in [0.25, 0.3) is 0 Å². The van der Waals surface area contributed by atoms with Crippen molar-refractivity contribution < 1.29 is 0 Å². The molecule has 0 N–H and O–H groups in total. The summed E-state index contributed by atoms with van der Waals surface area (Å²) in [4.78, 5) is 4.81. The van der Waals surface area contributed by atoms with E-state index in [4.69, 9.17) is 0 Å². The number of rotatable bonds is 8. The summed E-state index contributed by atoms with van der Waals surface area (Å²) in [5, 5.41) is 7.34. The molecule has 2 nitrogen and oxygen atoms in total. The molecule has 0 spiro atoms. The molecular formula is C55H46N2. The Kier molecular flexibility index (Phi) is 9.64. The standard InChI is InChI=1S/C55H46N2/c1-5-41-15-13-21-46(29-25-41)56(49-30-26-42-16-6-8-18-44(42)36-49)48-32-33-51(39(3)34-48)55-40(4)35-54(52-22-10-11-23-53(52)55)57(47-20-12-14-38(2)24-28-47)50-31-27-43-17-7-9-19-45(43)37-50/h6-23,26-37H,5,25H2,1-4H3. The molecule has 2 heteroatoms. The van der Waals surface area contributed by atoms with Crippen molar-refractivity contribution in [3.05, 3.63) is 221 Å². The summed E-state index contributed by atoms with van der Waals surface area (Å²) in [5.41, 5.74) is 17.8. The Morgan fingerprint density at radius 2 is 1.16 bits per heavy atom. The predicted molar refractivity (Wildman–Crippen MR) is 246 cm³/mol. The van der Waals surface area contributed by atoms with Gasteiger partial charge < -0.3 is 9.80 Å². The van der Waals surface area contributed by atoms with Crippen molar-refractivity contribution in [2.24, 2.45) is 0 Å². The molecule has 9 rings (SSSR count). The zero-order chi connectivity index (χ0) is 38.9. The molecule has 0 fully saturated rings. The number of fused-ring (bicyclic) bond motifs is 3. The van der Waals surface area contributed by atoms with E-state index in [2.05, 4.69) is 225 Å². The second-order valence-electron chi connectivity index (χ2n) is 15.2. The van der Waals surface area contributed by atoms with Crippen LogP contribution in [-0.4, -0.2) is 0 Å². The van der Waals surface area contributed by atoms with Gasteiger partial charge in [0.1, 0.15) is 0 Å². The maximum atomic E-state index is 3.51. The van der Waals surface area contributed by atoms with E-state index in [9.17, 15) is 0 Å². The Morgan fingerprint density at radius 3 is 1.86 bits per heavy atom. The Morgan fingerprint density at radius 1 is 0.544 bits per heavy atom. The monoisotopic (exact) mass is 734 g/mol. The fourth-order valence-corrected chi connectivity index (χ4v) is 8.40. The fraction of sp³-hybridized carbons (Fsp3) is 0.109. The molecule has 0 saturated carbocycles. The van der Waals surface area contributed by atoms with Gasteiger partial charge in [-0.15, -0.1) is 5.73 Å². The highest BCUT2D eigenvalue weighted by atomic mass is 15.2. The minimum atomic E-state index is 0.937. The summed E-state index contributed by atoms with van der Waals surface area (Å²) >= 11 is 0. The topological polar surface area (TPSA) is 6.48 Å². The van der Waals surface area contributed by atoms with Crippen LogP contribution in [0.2, 0.25) is 0 Å². The smallest absolute Gasteiger partial charge is 0.0543 e. The second-order valence-corrected chi connectivity index (χ2v) is 15.2. The van der Waals surface area contributed by atoms with Crippen molar-refractivity contribution in [1.29, 1.82) is 0 Å². The molecule has 0 heterocycles. The predicted octanol–water partition coefficient (Wildman–Crippen LogP) is 15.4. The lowest BCUT2D eigenvalue weighted by atomic mass is 9.89. The van der Waals surface area contributed by atoms with Gasteiger partial charge in [0.15, 0.2) is 0 Å². The molecule has 2 aliphatic carbocycles. The molecule has 0 bridgehead atoms. The van der Waals surface area contributed by atoms with Gasteiger partial charge in [-0.05, 0) is 143 Å². The first kappa shape index (κ1) is 35.8. The molecule has 0 unspecified atom stereocenters. The first-order chi connectivity index (χ1) is 27.9. The van der Waals surface area contributed by atoms with Crippen molar-refractivity contribution in [1.82, 2.24) is 0 Å². The number of allylic oxidation sites excluding steroid dienone is 9. The normalized spacial score (nSPS) is 13.9. The molecule has 2 aliphatic rings. The molecule has 0 aromatic heterocycles. The van der Waals surface area contributed by atoms with E-state index in [1.54, 1.807) is 0 Å². The molecule has 7 aromatic carbocycles. The van der Waals surface area contributed by atoms with Crippen LogP contribution in [0, 0.1) is 13.8 Å². The summed E-state index contributed by atoms with van der Waals surface area (Å²) in [6.45, 7) is 8.86. The molecule has 57 heavy (non-hydrogen) atoms. The van der Waals surface area contributed by atoms with E-state index in [-0.39, 0.29) is 0 Å². The zero-order valence-corrected chi connectivity index (χ0v) is 33.1. The summed E-state index contributed by atoms with van der Waals surface area (Å²) in [5.74, 6) is 0. The van der Waals surface area contributed by atoms with Crippen molar-refractivity contribution in [2.75, 3.05) is 9.80 Å². The van der Waals surface area contributed by atoms with Gasteiger partial charge in [0.05, 0.1) is 11.4 Å². The maximum absolute atomic E-state index is 3.51. The molecule has 0 amide bonds. The van der Waals surface area contributed by atoms with Gasteiger partial charge in [0, 0.05) is 34.2 Å². The van der Waals surface area contributed by atoms with Crippen molar-refractivity contribution >= 4 is 55.1 Å². The van der Waals surface area contributed by atoms with Crippen LogP contribution < -0.4 is 9.80 Å². The van der Waals surface area contributed by atoms with Crippen molar-refractivity contribution in [3.8, 4) is 11.1 Å². The van der Waals surface area contributed by atoms with E-state index in [1.165, 1.54) is 65.8 Å². The average molecular weight is 735 g/mol. The Balaban J connectivity index is 1.19. The third-order valence-electron chi connectivity index (χ3n) is 11.4. The van der Waals surface area contributed by atoms with Crippen LogP contribution in [0.15, 0.2) is 210 Å². The van der Waals surface area contributed by atoms with Crippen LogP contribution in [0.5, 0.6) is 0 Å². The largest absolute Gasteiger partial charge is 0.311 e. The molecule has 7 aromatic rings. The molecule has 0 radical (unpaired) electrons. The highest BCUT2D eigenvalue weighted by Crippen LogP contribution is 2.45. The molecule has 0 saturated heterocycles. The molecule has 276 valence electrons. The van der Waals surface area contributed by atoms with E-state index in [0.717, 1.165) is 46.9 Å². The Bertz CT molecular complexity index is 2940. The quantitative estimate of drug-likeness (QED) is 0.143. The highest BCUT2D eigenvalue weighted by Gasteiger charge is 2.22. The van der Waals surface area contributed by atoms with E-state index in [1.807, 2.05) is 0 Å². The van der Waals surface area contributed by atoms with E-state index >= 15 is 0 Å². The van der Waals surface area contributed by atoms with Crippen LogP contribution in [0.4, 0.5) is 22.7 Å². The lowest BCUT2D eigenvalue weighted by Crippen LogP contribution is -2.16. The van der Waals surface area contributed by atoms with Gasteiger partial charge in [-0.1, -0.05) is 134 Å². The van der Waals surface area contributed by atoms with Crippen LogP contribution in [0.3, 0.4) is 0 Å². The van der Waals surface area contributed by atoms with Gasteiger partial charge in [-0.3, -0.25) is 0 Å². The van der Waals surface area contributed by atoms with Gasteiger partial charge >= 0.3 is 0 Å². The van der Waals surface area contributed by atoms with Gasteiger partial charge in [0.2, 0.25) is 0 Å². The third kappa shape index (κ3) is 6.97. The minimum absolute atomic E-state index is 0.937. The maximum Gasteiger partial charge on any atom is 0.0543 e. The highest BCUT2D eigenvalue weighted by molar-refractivity contribution is 6.07. The summed E-state index contributed by atoms with van der Waals surface area (Å²) < 4.78 is 0. The Labute approximate surface area is 336 Å². The zero-order valence-electron chi connectivity index (χ0n) is 33.1. The Hall–Kier alpha value is -6.86. The van der Waals surface area contributed by atoms with Gasteiger partial charge in [-0.25, -0.2) is 0 Å². The van der Waals surface area contributed by atoms with Gasteiger partial charge in [-0.2, -0.15) is 0 Å². The summed E-state index contributed by atoms with van der Waals surface area (Å²) in [6, 6.07) is 49.0. The van der Waals surface area contributed by atoms with Crippen LogP contribution in [0.1, 0.15) is 37.8 Å². The molecular weight excluding hydrogens is 689 g/mol. The van der Waals surface area contributed by atoms with Crippen LogP contribution in [-0.2, 0) is 0 Å². The van der Waals surface area contributed by atoms with Crippen LogP contribution >= 0.6 is 0 Å². The van der Waals surface area contributed by atoms with E-state index in [0.29, 0.717) is 0 Å². The van der Waals surface area contributed by atoms with Crippen molar-refractivity contribution in [3.63, 3.8) is 0 Å². The first-order valence-electron chi connectivity index (χ1n) is 20.0. The first-order valence-corrected chi connectivity index (χ1v) is 20.0. The summed E-state index contributed by atoms with van der Waals surface area (Å²) in [6.07, 6.45) is 19.6. The van der Waals surface area contributed by atoms with Crippen molar-refractivity contribution in [2.45, 2.75) is 40.5 Å². The summed E-state index contributed by atoms with van der Waals surface area (Å²) in [7, 11) is 0. The fourth-order valence-electron chi connectivity index (χ4n) is 8.40. The number of anilines is 4. The molecule has 0 atom stereocenters. The number of nitrogens with zero attached hydrogens (tertiary/aromatic N) is 2. The second kappa shape index (κ2) is 15.3. The lowest BCUT2D eigenvalue weighted by molar-refractivity contribution is 1.03. The average Bonchev–Trinajstić information content (AvgIpc) is 3.61. The number of hydrogen-bond donors (Lipinski definition) is 0. The van der Waals surface area contributed by atoms with Crippen LogP contribution in [0.25, 0.3) is 43.4 Å².